The zero-order valence-corrected chi connectivity index (χ0v) is 10.0. The van der Waals surface area contributed by atoms with Gasteiger partial charge in [0.1, 0.15) is 5.56 Å². The fourth-order valence-electron chi connectivity index (χ4n) is 1.43. The van der Waals surface area contributed by atoms with Gasteiger partial charge in [-0.25, -0.2) is 4.98 Å². The first-order valence-electron chi connectivity index (χ1n) is 5.24. The van der Waals surface area contributed by atoms with Crippen LogP contribution in [0, 0.1) is 6.92 Å². The number of carbonyl (C=O) groups excluding carboxylic acids is 1. The lowest BCUT2D eigenvalue weighted by molar-refractivity contribution is 0.102. The van der Waals surface area contributed by atoms with Gasteiger partial charge < -0.3 is 15.8 Å². The Kier molecular flexibility index (Phi) is 3.13. The predicted octanol–water partition coefficient (Wildman–Crippen LogP) is 0.956. The number of hydrogen-bond donors (Lipinski definition) is 3. The molecule has 2 rings (SSSR count). The maximum Gasteiger partial charge on any atom is 0.262 e. The average molecular weight is 247 g/mol. The number of pyridine rings is 1. The summed E-state index contributed by atoms with van der Waals surface area (Å²) in [4.78, 5) is 16.0. The van der Waals surface area contributed by atoms with Crippen LogP contribution in [0.4, 0.5) is 11.5 Å². The van der Waals surface area contributed by atoms with E-state index in [1.165, 1.54) is 7.11 Å². The summed E-state index contributed by atoms with van der Waals surface area (Å²) in [5.74, 6) is 0.169. The van der Waals surface area contributed by atoms with Crippen molar-refractivity contribution in [2.24, 2.45) is 0 Å². The van der Waals surface area contributed by atoms with E-state index >= 15 is 0 Å². The number of nitrogens with two attached hydrogens (primary N) is 1. The summed E-state index contributed by atoms with van der Waals surface area (Å²) < 4.78 is 5.01. The minimum absolute atomic E-state index is 0.251. The number of rotatable bonds is 3. The van der Waals surface area contributed by atoms with Crippen molar-refractivity contribution in [1.82, 2.24) is 15.2 Å². The number of nitrogen functional groups attached to an aromatic ring is 1. The molecule has 4 N–H and O–H groups in total. The third-order valence-corrected chi connectivity index (χ3v) is 2.44. The third-order valence-electron chi connectivity index (χ3n) is 2.44. The van der Waals surface area contributed by atoms with Crippen LogP contribution in [0.25, 0.3) is 0 Å². The summed E-state index contributed by atoms with van der Waals surface area (Å²) in [7, 11) is 1.45. The van der Waals surface area contributed by atoms with E-state index in [0.717, 1.165) is 0 Å². The molecular formula is C11H13N5O2. The van der Waals surface area contributed by atoms with Gasteiger partial charge >= 0.3 is 0 Å². The summed E-state index contributed by atoms with van der Waals surface area (Å²) in [6.07, 6.45) is 1.54. The molecule has 94 valence electrons. The highest BCUT2D eigenvalue weighted by Crippen LogP contribution is 2.20. The normalized spacial score (nSPS) is 10.1. The number of anilines is 2. The van der Waals surface area contributed by atoms with Crippen molar-refractivity contribution in [2.75, 3.05) is 18.2 Å². The Bertz CT molecular complexity index is 579. The number of methoxy groups -OCH3 is 1. The number of carbonyl (C=O) groups is 1. The molecule has 7 nitrogen and oxygen atoms in total. The minimum Gasteiger partial charge on any atom is -0.480 e. The standard InChI is InChI=1S/C11H13N5O2/c1-6-8(12)9(16-15-6)14-10(17)7-4-3-5-13-11(7)18-2/h3-5H,12H2,1-2H3,(H2,14,15,16,17). The molecule has 0 atom stereocenters. The molecule has 0 aliphatic rings. The molecular weight excluding hydrogens is 234 g/mol. The smallest absolute Gasteiger partial charge is 0.262 e. The second-order valence-electron chi connectivity index (χ2n) is 3.63. The van der Waals surface area contributed by atoms with E-state index in [-0.39, 0.29) is 11.8 Å². The van der Waals surface area contributed by atoms with Gasteiger partial charge in [0.15, 0.2) is 5.82 Å². The summed E-state index contributed by atoms with van der Waals surface area (Å²) in [6, 6.07) is 3.26. The van der Waals surface area contributed by atoms with Crippen LogP contribution >= 0.6 is 0 Å². The molecule has 2 heterocycles. The molecule has 18 heavy (non-hydrogen) atoms. The van der Waals surface area contributed by atoms with Gasteiger partial charge in [-0.15, -0.1) is 0 Å². The molecule has 0 aromatic carbocycles. The molecule has 0 bridgehead atoms. The molecule has 0 fully saturated rings. The van der Waals surface area contributed by atoms with E-state index in [1.54, 1.807) is 25.3 Å². The number of nitrogens with one attached hydrogen (secondary N) is 2. The number of ether oxygens (including phenoxy) is 1. The second kappa shape index (κ2) is 4.74. The largest absolute Gasteiger partial charge is 0.480 e. The molecule has 2 aromatic rings. The van der Waals surface area contributed by atoms with Crippen molar-refractivity contribution >= 4 is 17.4 Å². The quantitative estimate of drug-likeness (QED) is 0.748. The summed E-state index contributed by atoms with van der Waals surface area (Å²) in [5, 5.41) is 9.17. The van der Waals surface area contributed by atoms with Crippen LogP contribution in [0.2, 0.25) is 0 Å². The van der Waals surface area contributed by atoms with Crippen LogP contribution in [0.15, 0.2) is 18.3 Å². The van der Waals surface area contributed by atoms with E-state index in [9.17, 15) is 4.79 Å². The molecule has 7 heteroatoms. The van der Waals surface area contributed by atoms with E-state index in [2.05, 4.69) is 20.5 Å². The molecule has 0 aliphatic heterocycles. The maximum absolute atomic E-state index is 12.0. The van der Waals surface area contributed by atoms with Gasteiger partial charge in [0.05, 0.1) is 18.5 Å². The Hall–Kier alpha value is -2.57. The fraction of sp³-hybridized carbons (Fsp3) is 0.182. The van der Waals surface area contributed by atoms with Gasteiger partial charge in [0.2, 0.25) is 5.88 Å². The van der Waals surface area contributed by atoms with E-state index in [1.807, 2.05) is 0 Å². The number of hydrogen-bond acceptors (Lipinski definition) is 5. The monoisotopic (exact) mass is 247 g/mol. The number of H-pyrrole nitrogens is 1. The molecule has 0 unspecified atom stereocenters. The lowest BCUT2D eigenvalue weighted by atomic mass is 10.2. The Morgan fingerprint density at radius 2 is 2.33 bits per heavy atom. The van der Waals surface area contributed by atoms with Crippen molar-refractivity contribution in [2.45, 2.75) is 6.92 Å². The van der Waals surface area contributed by atoms with Gasteiger partial charge in [0, 0.05) is 6.20 Å². The highest BCUT2D eigenvalue weighted by Gasteiger charge is 2.16. The highest BCUT2D eigenvalue weighted by molar-refractivity contribution is 6.06. The van der Waals surface area contributed by atoms with Gasteiger partial charge in [-0.05, 0) is 19.1 Å². The number of aromatic nitrogens is 3. The zero-order valence-electron chi connectivity index (χ0n) is 10.0. The zero-order chi connectivity index (χ0) is 13.1. The SMILES string of the molecule is COc1ncccc1C(=O)Nc1n[nH]c(C)c1N. The first kappa shape index (κ1) is 11.9. The second-order valence-corrected chi connectivity index (χ2v) is 3.63. The Balaban J connectivity index is 2.25. The highest BCUT2D eigenvalue weighted by atomic mass is 16.5. The van der Waals surface area contributed by atoms with Gasteiger partial charge in [-0.1, -0.05) is 0 Å². The van der Waals surface area contributed by atoms with Crippen molar-refractivity contribution in [1.29, 1.82) is 0 Å². The average Bonchev–Trinajstić information content (AvgIpc) is 2.70. The first-order valence-corrected chi connectivity index (χ1v) is 5.24. The lowest BCUT2D eigenvalue weighted by Crippen LogP contribution is -2.15. The van der Waals surface area contributed by atoms with Crippen LogP contribution in [0.5, 0.6) is 5.88 Å². The van der Waals surface area contributed by atoms with Gasteiger partial charge in [-0.3, -0.25) is 9.89 Å². The van der Waals surface area contributed by atoms with Crippen LogP contribution < -0.4 is 15.8 Å². The van der Waals surface area contributed by atoms with Gasteiger partial charge in [-0.2, -0.15) is 5.10 Å². The first-order chi connectivity index (χ1) is 8.63. The van der Waals surface area contributed by atoms with Crippen LogP contribution in [0.1, 0.15) is 16.1 Å². The van der Waals surface area contributed by atoms with E-state index in [0.29, 0.717) is 22.8 Å². The van der Waals surface area contributed by atoms with Crippen LogP contribution in [0.3, 0.4) is 0 Å². The summed E-state index contributed by atoms with van der Waals surface area (Å²) in [5.41, 5.74) is 7.17. The number of aromatic amines is 1. The number of nitrogens with zero attached hydrogens (tertiary/aromatic N) is 2. The molecule has 0 saturated carbocycles. The fourth-order valence-corrected chi connectivity index (χ4v) is 1.43. The van der Waals surface area contributed by atoms with Gasteiger partial charge in [0.25, 0.3) is 5.91 Å². The van der Waals surface area contributed by atoms with Crippen molar-refractivity contribution in [3.8, 4) is 5.88 Å². The molecule has 0 radical (unpaired) electrons. The minimum atomic E-state index is -0.377. The summed E-state index contributed by atoms with van der Waals surface area (Å²) in [6.45, 7) is 1.77. The summed E-state index contributed by atoms with van der Waals surface area (Å²) >= 11 is 0. The molecule has 2 aromatic heterocycles. The Morgan fingerprint density at radius 1 is 1.56 bits per heavy atom. The Labute approximate surface area is 103 Å². The van der Waals surface area contributed by atoms with Crippen LogP contribution in [-0.2, 0) is 0 Å². The topological polar surface area (TPSA) is 106 Å². The molecule has 0 saturated heterocycles. The maximum atomic E-state index is 12.0. The van der Waals surface area contributed by atoms with E-state index in [4.69, 9.17) is 10.5 Å². The lowest BCUT2D eigenvalue weighted by Gasteiger charge is -2.06. The van der Waals surface area contributed by atoms with Crippen LogP contribution in [-0.4, -0.2) is 28.2 Å². The third kappa shape index (κ3) is 2.10. The van der Waals surface area contributed by atoms with E-state index < -0.39 is 0 Å². The molecule has 0 aliphatic carbocycles. The predicted molar refractivity (Wildman–Crippen MR) is 66.5 cm³/mol. The van der Waals surface area contributed by atoms with Crippen molar-refractivity contribution in [3.05, 3.63) is 29.6 Å². The van der Waals surface area contributed by atoms with Crippen molar-refractivity contribution in [3.63, 3.8) is 0 Å². The number of aryl methyl sites for hydroxylation is 1. The molecule has 1 amide bonds. The Morgan fingerprint density at radius 3 is 2.94 bits per heavy atom. The van der Waals surface area contributed by atoms with Crippen molar-refractivity contribution < 1.29 is 9.53 Å². The number of amides is 1. The molecule has 0 spiro atoms.